The quantitative estimate of drug-likeness (QED) is 0.122. The molecule has 0 aliphatic heterocycles. The van der Waals surface area contributed by atoms with Crippen molar-refractivity contribution in [2.75, 3.05) is 18.5 Å². The Kier molecular flexibility index (Phi) is 8.88. The first-order valence-electron chi connectivity index (χ1n) is 14.4. The highest BCUT2D eigenvalue weighted by molar-refractivity contribution is 6.76. The number of anilines is 1. The molecule has 0 fully saturated rings. The van der Waals surface area contributed by atoms with E-state index >= 15 is 0 Å². The van der Waals surface area contributed by atoms with Crippen molar-refractivity contribution in [3.8, 4) is 11.1 Å². The number of carboxylic acid groups (broad SMARTS) is 1. The molecule has 0 spiro atoms. The van der Waals surface area contributed by atoms with E-state index in [1.165, 1.54) is 4.90 Å². The molecule has 222 valence electrons. The summed E-state index contributed by atoms with van der Waals surface area (Å²) in [6.45, 7) is 10.2. The fraction of sp³-hybridized carbons (Fsp3) is 0.273. The third kappa shape index (κ3) is 7.10. The molecule has 2 amide bonds. The number of ether oxygens (including phenoxy) is 1. The molecule has 2 N–H and O–H groups in total. The summed E-state index contributed by atoms with van der Waals surface area (Å²) in [7, 11) is -1.26. The first-order chi connectivity index (χ1) is 20.6. The van der Waals surface area contributed by atoms with Crippen molar-refractivity contribution in [1.29, 1.82) is 0 Å². The Morgan fingerprint density at radius 1 is 1.00 bits per heavy atom. The molecule has 2 heterocycles. The van der Waals surface area contributed by atoms with Crippen molar-refractivity contribution < 1.29 is 19.4 Å². The molecule has 0 saturated carbocycles. The lowest BCUT2D eigenvalue weighted by Gasteiger charge is -2.17. The predicted molar refractivity (Wildman–Crippen MR) is 173 cm³/mol. The van der Waals surface area contributed by atoms with Crippen molar-refractivity contribution in [3.05, 3.63) is 90.4 Å². The van der Waals surface area contributed by atoms with Gasteiger partial charge in [0.15, 0.2) is 5.69 Å². The number of aromatic nitrogens is 3. The standard InChI is InChI=1S/C33H37N5O4Si/c1-5-37(33(40)41)21-23-9-8-11-26(17-23)35-32(39)31-28-18-24(29-20-34-19-25-10-6-7-12-27(25)29)13-14-30(28)38(36-31)22-42-15-16-43(2,3)4/h6-14,17-20H,5,15-16,21-22H2,1-4H3,(H,35,39)(H,40,41). The SMILES string of the molecule is CCN(Cc1cccc(NC(=O)c2nn(COCC[Si](C)(C)C)c3ccc(-c4cncc5ccccc45)cc23)c1)C(=O)O. The van der Waals surface area contributed by atoms with Gasteiger partial charge in [-0.05, 0) is 53.7 Å². The Morgan fingerprint density at radius 3 is 2.58 bits per heavy atom. The van der Waals surface area contributed by atoms with Gasteiger partial charge in [-0.1, -0.05) is 62.1 Å². The average molecular weight is 596 g/mol. The molecule has 43 heavy (non-hydrogen) atoms. The molecule has 9 nitrogen and oxygen atoms in total. The van der Waals surface area contributed by atoms with Gasteiger partial charge in [-0.2, -0.15) is 5.10 Å². The topological polar surface area (TPSA) is 110 Å². The molecule has 3 aromatic carbocycles. The highest BCUT2D eigenvalue weighted by Crippen LogP contribution is 2.31. The molecule has 0 aliphatic rings. The van der Waals surface area contributed by atoms with Crippen LogP contribution in [0.5, 0.6) is 0 Å². The number of hydrogen-bond acceptors (Lipinski definition) is 5. The number of rotatable bonds is 11. The summed E-state index contributed by atoms with van der Waals surface area (Å²) in [6, 6.07) is 22.3. The van der Waals surface area contributed by atoms with Crippen molar-refractivity contribution in [2.24, 2.45) is 0 Å². The number of hydrogen-bond donors (Lipinski definition) is 2. The van der Waals surface area contributed by atoms with Gasteiger partial charge in [0.1, 0.15) is 6.73 Å². The van der Waals surface area contributed by atoms with Crippen LogP contribution in [0.3, 0.4) is 0 Å². The van der Waals surface area contributed by atoms with Gasteiger partial charge in [0, 0.05) is 62.2 Å². The van der Waals surface area contributed by atoms with Gasteiger partial charge in [0.2, 0.25) is 0 Å². The number of pyridine rings is 1. The van der Waals surface area contributed by atoms with Crippen LogP contribution in [-0.2, 0) is 18.0 Å². The first kappa shape index (κ1) is 29.9. The minimum atomic E-state index is -1.26. The van der Waals surface area contributed by atoms with Crippen molar-refractivity contribution in [3.63, 3.8) is 0 Å². The van der Waals surface area contributed by atoms with Gasteiger partial charge in [-0.25, -0.2) is 9.48 Å². The second kappa shape index (κ2) is 12.8. The number of benzene rings is 3. The molecule has 0 unspecified atom stereocenters. The molecule has 5 aromatic rings. The lowest BCUT2D eigenvalue weighted by Crippen LogP contribution is -2.28. The Balaban J connectivity index is 1.49. The van der Waals surface area contributed by atoms with E-state index in [9.17, 15) is 14.7 Å². The number of nitrogens with one attached hydrogen (secondary N) is 1. The van der Waals surface area contributed by atoms with Crippen molar-refractivity contribution >= 4 is 47.4 Å². The van der Waals surface area contributed by atoms with E-state index in [1.54, 1.807) is 29.8 Å². The second-order valence-electron chi connectivity index (χ2n) is 11.8. The largest absolute Gasteiger partial charge is 0.465 e. The maximum absolute atomic E-state index is 13.7. The molecule has 0 aliphatic carbocycles. The zero-order valence-electron chi connectivity index (χ0n) is 25.0. The van der Waals surface area contributed by atoms with E-state index < -0.39 is 14.2 Å². The van der Waals surface area contributed by atoms with E-state index in [0.717, 1.165) is 39.0 Å². The zero-order chi connectivity index (χ0) is 30.6. The number of carbonyl (C=O) groups excluding carboxylic acids is 1. The third-order valence-electron chi connectivity index (χ3n) is 7.37. The van der Waals surface area contributed by atoms with Crippen molar-refractivity contribution in [1.82, 2.24) is 19.7 Å². The second-order valence-corrected chi connectivity index (χ2v) is 17.4. The third-order valence-corrected chi connectivity index (χ3v) is 9.07. The fourth-order valence-electron chi connectivity index (χ4n) is 4.96. The lowest BCUT2D eigenvalue weighted by molar-refractivity contribution is 0.0809. The van der Waals surface area contributed by atoms with Gasteiger partial charge in [0.25, 0.3) is 5.91 Å². The minimum Gasteiger partial charge on any atom is -0.465 e. The molecule has 0 bridgehead atoms. The zero-order valence-corrected chi connectivity index (χ0v) is 26.0. The van der Waals surface area contributed by atoms with E-state index in [1.807, 2.05) is 54.9 Å². The molecular weight excluding hydrogens is 558 g/mol. The molecule has 5 rings (SSSR count). The molecule has 10 heteroatoms. The van der Waals surface area contributed by atoms with Crippen LogP contribution < -0.4 is 5.32 Å². The number of nitrogens with zero attached hydrogens (tertiary/aromatic N) is 4. The van der Waals surface area contributed by atoms with Crippen LogP contribution in [0.2, 0.25) is 25.7 Å². The monoisotopic (exact) mass is 595 g/mol. The van der Waals surface area contributed by atoms with Gasteiger partial charge in [-0.3, -0.25) is 9.78 Å². The van der Waals surface area contributed by atoms with Crippen LogP contribution in [0, 0.1) is 0 Å². The van der Waals surface area contributed by atoms with Crippen LogP contribution in [0.25, 0.3) is 32.8 Å². The van der Waals surface area contributed by atoms with Crippen molar-refractivity contribution in [2.45, 2.75) is 45.9 Å². The smallest absolute Gasteiger partial charge is 0.407 e. The Morgan fingerprint density at radius 2 is 1.81 bits per heavy atom. The summed E-state index contributed by atoms with van der Waals surface area (Å²) < 4.78 is 7.75. The van der Waals surface area contributed by atoms with E-state index in [0.29, 0.717) is 24.2 Å². The molecule has 2 aromatic heterocycles. The first-order valence-corrected chi connectivity index (χ1v) is 18.1. The minimum absolute atomic E-state index is 0.226. The summed E-state index contributed by atoms with van der Waals surface area (Å²) in [6.07, 6.45) is 2.70. The molecule has 0 saturated heterocycles. The molecular formula is C33H37N5O4Si. The van der Waals surface area contributed by atoms with Crippen LogP contribution in [0.1, 0.15) is 23.0 Å². The molecule has 0 atom stereocenters. The maximum atomic E-state index is 13.7. The van der Waals surface area contributed by atoms with E-state index in [4.69, 9.17) is 9.84 Å². The number of amides is 2. The Bertz CT molecular complexity index is 1770. The number of fused-ring (bicyclic) bond motifs is 2. The lowest BCUT2D eigenvalue weighted by atomic mass is 9.99. The highest BCUT2D eigenvalue weighted by atomic mass is 28.3. The van der Waals surface area contributed by atoms with E-state index in [-0.39, 0.29) is 24.9 Å². The Hall–Kier alpha value is -4.54. The highest BCUT2D eigenvalue weighted by Gasteiger charge is 2.20. The van der Waals surface area contributed by atoms with Gasteiger partial charge < -0.3 is 20.1 Å². The van der Waals surface area contributed by atoms with E-state index in [2.05, 4.69) is 36.0 Å². The summed E-state index contributed by atoms with van der Waals surface area (Å²) in [5.41, 5.74) is 4.32. The van der Waals surface area contributed by atoms with Gasteiger partial charge in [0.05, 0.1) is 5.52 Å². The maximum Gasteiger partial charge on any atom is 0.407 e. The molecule has 0 radical (unpaired) electrons. The van der Waals surface area contributed by atoms with Gasteiger partial charge in [-0.15, -0.1) is 0 Å². The van der Waals surface area contributed by atoms with Crippen LogP contribution in [0.15, 0.2) is 79.1 Å². The van der Waals surface area contributed by atoms with Crippen LogP contribution in [0.4, 0.5) is 10.5 Å². The van der Waals surface area contributed by atoms with Crippen LogP contribution in [-0.4, -0.2) is 58.0 Å². The normalized spacial score (nSPS) is 11.6. The summed E-state index contributed by atoms with van der Waals surface area (Å²) in [4.78, 5) is 31.0. The summed E-state index contributed by atoms with van der Waals surface area (Å²) in [5, 5.41) is 19.9. The average Bonchev–Trinajstić information content (AvgIpc) is 3.35. The Labute approximate surface area is 252 Å². The summed E-state index contributed by atoms with van der Waals surface area (Å²) in [5.74, 6) is -0.359. The summed E-state index contributed by atoms with van der Waals surface area (Å²) >= 11 is 0. The number of carbonyl (C=O) groups is 2. The predicted octanol–water partition coefficient (Wildman–Crippen LogP) is 7.32. The fourth-order valence-corrected chi connectivity index (χ4v) is 5.72. The van der Waals surface area contributed by atoms with Crippen LogP contribution >= 0.6 is 0 Å². The van der Waals surface area contributed by atoms with Gasteiger partial charge >= 0.3 is 6.09 Å².